The van der Waals surface area contributed by atoms with Crippen LogP contribution in [0.5, 0.6) is 0 Å². The number of nitrogen functional groups attached to an aromatic ring is 1. The van der Waals surface area contributed by atoms with Gasteiger partial charge in [0, 0.05) is 42.5 Å². The van der Waals surface area contributed by atoms with E-state index in [0.717, 1.165) is 29.0 Å². The zero-order chi connectivity index (χ0) is 44.8. The normalized spacial score (nSPS) is 25.3. The second kappa shape index (κ2) is 19.7. The number of phosphoric ester groups is 3. The van der Waals surface area contributed by atoms with E-state index in [-0.39, 0.29) is 47.4 Å². The number of hydrogen-bond donors (Lipinski definition) is 7. The van der Waals surface area contributed by atoms with E-state index in [1.807, 2.05) is 0 Å². The Morgan fingerprint density at radius 2 is 1.82 bits per heavy atom. The molecule has 8 atom stereocenters. The molecule has 8 N–H and O–H groups in total. The van der Waals surface area contributed by atoms with Crippen molar-refractivity contribution in [3.05, 3.63) is 24.4 Å². The molecule has 2 aromatic heterocycles. The molecule has 4 rings (SSSR count). The van der Waals surface area contributed by atoms with Crippen LogP contribution in [-0.2, 0) is 61.2 Å². The van der Waals surface area contributed by atoms with Gasteiger partial charge in [0.2, 0.25) is 16.9 Å². The van der Waals surface area contributed by atoms with Crippen molar-refractivity contribution in [2.75, 3.05) is 37.8 Å². The first-order chi connectivity index (χ1) is 27.7. The highest BCUT2D eigenvalue weighted by Gasteiger charge is 2.55. The largest absolute Gasteiger partial charge is 0.790 e. The average Bonchev–Trinajstić information content (AvgIpc) is 3.86. The van der Waals surface area contributed by atoms with E-state index in [1.165, 1.54) is 26.8 Å². The van der Waals surface area contributed by atoms with Gasteiger partial charge in [-0.05, 0) is 19.8 Å². The maximum Gasteiger partial charge on any atom is 0.326 e. The molecule has 31 heteroatoms. The summed E-state index contributed by atoms with van der Waals surface area (Å²) < 4.78 is 61.1. The Kier molecular flexibility index (Phi) is 16.2. The van der Waals surface area contributed by atoms with Crippen LogP contribution in [-0.4, -0.2) is 120 Å². The molecule has 0 saturated carbocycles. The number of phosphoric acid groups is 3. The number of ether oxygens (including phenoxy) is 1. The number of nitrogens with zero attached hydrogens (tertiary/aromatic N) is 4. The number of allylic oxidation sites excluding steroid dienone is 1. The summed E-state index contributed by atoms with van der Waals surface area (Å²) in [5.41, 5.74) is 2.45. The molecule has 2 fully saturated rings. The van der Waals surface area contributed by atoms with Gasteiger partial charge in [-0.1, -0.05) is 25.6 Å². The number of hydrogen-bond acceptors (Lipinski definition) is 24. The standard InChI is InChI=1S/C29H45N8O19P3S/c1-28(2,23(41)26(42)32-7-6-18(38)31-8-9-60-19(39)10-15-4-5-16(36-15)27(43)44)12-53-59(50,51)56-58(48,49)52-11-17-21(55-57(45,46)47)22(40)29(3,54-17)37-14-35-20-24(30)33-13-34-25(20)37/h10,13-14,16-17,21-23,36,40-41H,4-9,11-12H2,1-3H3,(H,31,38)(H,32,42)(H,43,44)(H,48,49)(H,50,51)(H2,30,33,34)(H2,45,46,47)/p-4/b15-10-/t16-,17?,21?,22?,23?,29?/m0/s1. The van der Waals surface area contributed by atoms with Crippen molar-refractivity contribution < 1.29 is 90.4 Å². The van der Waals surface area contributed by atoms with E-state index in [0.29, 0.717) is 18.5 Å². The third kappa shape index (κ3) is 13.3. The molecular formula is C29H41N8O19P3S-4. The minimum absolute atomic E-state index is 0.0250. The lowest BCUT2D eigenvalue weighted by Gasteiger charge is -2.36. The topological polar surface area (TPSA) is 424 Å². The summed E-state index contributed by atoms with van der Waals surface area (Å²) in [4.78, 5) is 108. The van der Waals surface area contributed by atoms with Gasteiger partial charge in [-0.2, -0.15) is 0 Å². The van der Waals surface area contributed by atoms with E-state index >= 15 is 0 Å². The first kappa shape index (κ1) is 49.2. The summed E-state index contributed by atoms with van der Waals surface area (Å²) in [7, 11) is -17.7. The van der Waals surface area contributed by atoms with Gasteiger partial charge in [-0.3, -0.25) is 28.1 Å². The Labute approximate surface area is 344 Å². The molecule has 0 aliphatic carbocycles. The fourth-order valence-electron chi connectivity index (χ4n) is 5.72. The zero-order valence-corrected chi connectivity index (χ0v) is 35.3. The van der Waals surface area contributed by atoms with Gasteiger partial charge in [0.05, 0.1) is 27.4 Å². The van der Waals surface area contributed by atoms with Gasteiger partial charge in [-0.15, -0.1) is 0 Å². The highest BCUT2D eigenvalue weighted by molar-refractivity contribution is 8.14. The second-order valence-electron chi connectivity index (χ2n) is 14.0. The molecule has 60 heavy (non-hydrogen) atoms. The van der Waals surface area contributed by atoms with Crippen molar-refractivity contribution >= 4 is 75.1 Å². The summed E-state index contributed by atoms with van der Waals surface area (Å²) in [6, 6.07) is -0.756. The highest BCUT2D eigenvalue weighted by atomic mass is 32.2. The summed E-state index contributed by atoms with van der Waals surface area (Å²) >= 11 is 0.891. The van der Waals surface area contributed by atoms with E-state index in [4.69, 9.17) is 15.6 Å². The van der Waals surface area contributed by atoms with Crippen molar-refractivity contribution in [3.63, 3.8) is 0 Å². The van der Waals surface area contributed by atoms with E-state index in [2.05, 4.69) is 48.8 Å². The van der Waals surface area contributed by atoms with E-state index < -0.39 is 96.1 Å². The van der Waals surface area contributed by atoms with Crippen molar-refractivity contribution in [1.29, 1.82) is 0 Å². The van der Waals surface area contributed by atoms with Gasteiger partial charge < -0.3 is 79.5 Å². The van der Waals surface area contributed by atoms with E-state index in [1.54, 1.807) is 0 Å². The first-order valence-corrected chi connectivity index (χ1v) is 22.8. The van der Waals surface area contributed by atoms with Crippen LogP contribution in [0, 0.1) is 5.41 Å². The number of aromatic nitrogens is 4. The minimum atomic E-state index is -5.96. The Balaban J connectivity index is 1.22. The number of carbonyl (C=O) groups excluding carboxylic acids is 3. The molecule has 2 saturated heterocycles. The Bertz CT molecular complexity index is 2100. The molecule has 4 heterocycles. The third-order valence-electron chi connectivity index (χ3n) is 8.86. The zero-order valence-electron chi connectivity index (χ0n) is 31.8. The summed E-state index contributed by atoms with van der Waals surface area (Å²) in [6.45, 7) is 0.993. The van der Waals surface area contributed by atoms with Crippen molar-refractivity contribution in [2.24, 2.45) is 5.41 Å². The van der Waals surface area contributed by atoms with Crippen molar-refractivity contribution in [1.82, 2.24) is 35.5 Å². The molecule has 0 aromatic carbocycles. The van der Waals surface area contributed by atoms with Crippen LogP contribution >= 0.6 is 35.2 Å². The van der Waals surface area contributed by atoms with E-state index in [9.17, 15) is 62.7 Å². The molecule has 2 aliphatic rings. The molecule has 0 radical (unpaired) electrons. The van der Waals surface area contributed by atoms with Gasteiger partial charge in [-0.25, -0.2) is 24.1 Å². The Hall–Kier alpha value is -3.43. The van der Waals surface area contributed by atoms with Gasteiger partial charge >= 0.3 is 5.97 Å². The predicted octanol–water partition coefficient (Wildman–Crippen LogP) is -3.97. The molecular weight excluding hydrogens is 889 g/mol. The lowest BCUT2D eigenvalue weighted by Crippen LogP contribution is -2.46. The maximum absolute atomic E-state index is 12.6. The minimum Gasteiger partial charge on any atom is -0.790 e. The molecule has 0 spiro atoms. The molecule has 7 unspecified atom stereocenters. The number of carbonyl (C=O) groups is 4. The number of fused-ring (bicyclic) bond motifs is 1. The van der Waals surface area contributed by atoms with Crippen LogP contribution in [0.2, 0.25) is 0 Å². The SMILES string of the molecule is CC(C)(COP(=O)([O-])OP(=O)([O-])OCC1OC(C)(n2cnc3c(N)ncnc32)C(O)C1OP(=O)([O-])[O-])C(O)C(=O)NCCC(=O)NCCSC(=O)/C=C1/CC[C@@H](C(=O)O)N1. The summed E-state index contributed by atoms with van der Waals surface area (Å²) in [6.07, 6.45) is -4.18. The number of imidazole rings is 1. The van der Waals surface area contributed by atoms with Crippen LogP contribution in [0.25, 0.3) is 11.2 Å². The number of nitrogens with two attached hydrogens (primary N) is 1. The molecule has 2 aromatic rings. The number of nitrogens with one attached hydrogen (secondary N) is 3. The average molecular weight is 931 g/mol. The Morgan fingerprint density at radius 3 is 2.47 bits per heavy atom. The van der Waals surface area contributed by atoms with Crippen molar-refractivity contribution in [3.8, 4) is 0 Å². The maximum atomic E-state index is 12.6. The number of thioether (sulfide) groups is 1. The number of carboxylic acids is 1. The van der Waals surface area contributed by atoms with Crippen LogP contribution in [0.15, 0.2) is 24.4 Å². The second-order valence-corrected chi connectivity index (χ2v) is 19.1. The van der Waals surface area contributed by atoms with Crippen LogP contribution < -0.4 is 41.3 Å². The highest BCUT2D eigenvalue weighted by Crippen LogP contribution is 2.56. The molecule has 2 aliphatic heterocycles. The summed E-state index contributed by atoms with van der Waals surface area (Å²) in [5.74, 6) is -2.50. The quantitative estimate of drug-likeness (QED) is 0.0357. The number of aliphatic hydroxyl groups is 2. The smallest absolute Gasteiger partial charge is 0.326 e. The number of aliphatic hydroxyl groups excluding tert-OH is 2. The number of aliphatic carboxylic acids is 1. The molecule has 0 bridgehead atoms. The molecule has 27 nitrogen and oxygen atoms in total. The van der Waals surface area contributed by atoms with Gasteiger partial charge in [0.1, 0.15) is 42.3 Å². The fraction of sp³-hybridized carbons (Fsp3) is 0.621. The lowest BCUT2D eigenvalue weighted by atomic mass is 9.87. The third-order valence-corrected chi connectivity index (χ3v) is 12.7. The number of amides is 2. The molecule has 2 amide bonds. The first-order valence-electron chi connectivity index (χ1n) is 17.5. The number of carboxylic acid groups (broad SMARTS) is 1. The fourth-order valence-corrected chi connectivity index (χ4v) is 9.08. The monoisotopic (exact) mass is 930 g/mol. The Morgan fingerprint density at radius 1 is 1.13 bits per heavy atom. The number of anilines is 1. The van der Waals surface area contributed by atoms with Gasteiger partial charge in [0.25, 0.3) is 15.6 Å². The van der Waals surface area contributed by atoms with Crippen molar-refractivity contribution in [2.45, 2.75) is 76.2 Å². The predicted molar refractivity (Wildman–Crippen MR) is 195 cm³/mol. The van der Waals surface area contributed by atoms with Crippen LogP contribution in [0.1, 0.15) is 40.0 Å². The van der Waals surface area contributed by atoms with Crippen LogP contribution in [0.4, 0.5) is 5.82 Å². The summed E-state index contributed by atoms with van der Waals surface area (Å²) in [5, 5.41) is 37.8. The number of rotatable bonds is 21. The van der Waals surface area contributed by atoms with Crippen LogP contribution in [0.3, 0.4) is 0 Å². The molecule has 336 valence electrons. The van der Waals surface area contributed by atoms with Gasteiger partial charge in [0.15, 0.2) is 17.2 Å². The lowest BCUT2D eigenvalue weighted by molar-refractivity contribution is -0.347.